The first-order valence-electron chi connectivity index (χ1n) is 5.16. The lowest BCUT2D eigenvalue weighted by Gasteiger charge is -2.25. The van der Waals surface area contributed by atoms with E-state index in [4.69, 9.17) is 5.11 Å². The van der Waals surface area contributed by atoms with E-state index in [9.17, 15) is 9.59 Å². The van der Waals surface area contributed by atoms with Crippen LogP contribution in [-0.4, -0.2) is 40.0 Å². The fourth-order valence-corrected chi connectivity index (χ4v) is 2.46. The van der Waals surface area contributed by atoms with Crippen LogP contribution < -0.4 is 0 Å². The third-order valence-electron chi connectivity index (χ3n) is 2.55. The highest BCUT2D eigenvalue weighted by molar-refractivity contribution is 7.11. The topological polar surface area (TPSA) is 70.5 Å². The van der Waals surface area contributed by atoms with E-state index in [1.54, 1.807) is 4.90 Å². The average molecular weight is 240 g/mol. The molecule has 1 amide bonds. The molecule has 2 rings (SSSR count). The smallest absolute Gasteiger partial charge is 0.355 e. The molecular weight excluding hydrogens is 228 g/mol. The molecule has 1 N–H and O–H groups in total. The summed E-state index contributed by atoms with van der Waals surface area (Å²) in [6.45, 7) is 1.50. The summed E-state index contributed by atoms with van der Waals surface area (Å²) < 4.78 is 0. The lowest BCUT2D eigenvalue weighted by Crippen LogP contribution is -2.35. The summed E-state index contributed by atoms with van der Waals surface area (Å²) in [7, 11) is 0. The van der Waals surface area contributed by atoms with Gasteiger partial charge in [0.1, 0.15) is 0 Å². The summed E-state index contributed by atoms with van der Waals surface area (Å²) in [4.78, 5) is 28.1. The predicted octanol–water partition coefficient (Wildman–Crippen LogP) is 1.47. The third-order valence-corrected chi connectivity index (χ3v) is 3.38. The van der Waals surface area contributed by atoms with Crippen LogP contribution in [0.4, 0.5) is 0 Å². The number of thiazole rings is 1. The molecule has 0 aromatic carbocycles. The third kappa shape index (κ3) is 2.21. The number of aromatic carboxylic acids is 1. The van der Waals surface area contributed by atoms with Gasteiger partial charge in [0.2, 0.25) is 0 Å². The summed E-state index contributed by atoms with van der Waals surface area (Å²) in [5.41, 5.74) is -0.0506. The maximum absolute atomic E-state index is 11.9. The first-order valence-corrected chi connectivity index (χ1v) is 6.04. The van der Waals surface area contributed by atoms with E-state index in [0.717, 1.165) is 43.7 Å². The minimum absolute atomic E-state index is 0.0506. The van der Waals surface area contributed by atoms with Crippen LogP contribution in [0, 0.1) is 0 Å². The zero-order valence-electron chi connectivity index (χ0n) is 8.68. The number of piperidine rings is 1. The van der Waals surface area contributed by atoms with Crippen molar-refractivity contribution in [1.29, 1.82) is 0 Å². The van der Waals surface area contributed by atoms with Gasteiger partial charge in [-0.25, -0.2) is 9.78 Å². The van der Waals surface area contributed by atoms with E-state index < -0.39 is 5.97 Å². The van der Waals surface area contributed by atoms with Gasteiger partial charge in [0.05, 0.1) is 0 Å². The highest BCUT2D eigenvalue weighted by Gasteiger charge is 2.21. The maximum Gasteiger partial charge on any atom is 0.355 e. The lowest BCUT2D eigenvalue weighted by atomic mass is 10.1. The Bertz CT molecular complexity index is 410. The largest absolute Gasteiger partial charge is 0.476 e. The number of hydrogen-bond donors (Lipinski definition) is 1. The quantitative estimate of drug-likeness (QED) is 0.849. The minimum Gasteiger partial charge on any atom is -0.476 e. The number of rotatable bonds is 2. The number of carbonyl (C=O) groups excluding carboxylic acids is 1. The van der Waals surface area contributed by atoms with Crippen LogP contribution in [0.2, 0.25) is 0 Å². The number of hydrogen-bond acceptors (Lipinski definition) is 4. The Kier molecular flexibility index (Phi) is 3.19. The number of carboxylic acid groups (broad SMARTS) is 1. The van der Waals surface area contributed by atoms with E-state index in [2.05, 4.69) is 4.98 Å². The number of carboxylic acids is 1. The number of likely N-dealkylation sites (tertiary alicyclic amines) is 1. The molecule has 0 spiro atoms. The van der Waals surface area contributed by atoms with Crippen LogP contribution in [0.25, 0.3) is 0 Å². The highest BCUT2D eigenvalue weighted by atomic mass is 32.1. The minimum atomic E-state index is -1.09. The van der Waals surface area contributed by atoms with Crippen LogP contribution in [0.15, 0.2) is 5.38 Å². The van der Waals surface area contributed by atoms with Crippen molar-refractivity contribution in [3.63, 3.8) is 0 Å². The normalized spacial score (nSPS) is 16.1. The van der Waals surface area contributed by atoms with E-state index in [0.29, 0.717) is 0 Å². The van der Waals surface area contributed by atoms with Gasteiger partial charge in [-0.2, -0.15) is 0 Å². The summed E-state index contributed by atoms with van der Waals surface area (Å²) in [6.07, 6.45) is 3.19. The molecule has 86 valence electrons. The molecule has 1 aliphatic heterocycles. The van der Waals surface area contributed by atoms with Crippen molar-refractivity contribution in [2.45, 2.75) is 19.3 Å². The second kappa shape index (κ2) is 4.61. The van der Waals surface area contributed by atoms with E-state index in [1.807, 2.05) is 0 Å². The van der Waals surface area contributed by atoms with Gasteiger partial charge in [0.15, 0.2) is 10.7 Å². The molecule has 0 aliphatic carbocycles. The molecule has 1 aliphatic rings. The van der Waals surface area contributed by atoms with E-state index in [-0.39, 0.29) is 16.6 Å². The van der Waals surface area contributed by atoms with Gasteiger partial charge in [-0.15, -0.1) is 11.3 Å². The fourth-order valence-electron chi connectivity index (χ4n) is 1.70. The van der Waals surface area contributed by atoms with Crippen LogP contribution in [-0.2, 0) is 0 Å². The lowest BCUT2D eigenvalue weighted by molar-refractivity contribution is 0.0691. The van der Waals surface area contributed by atoms with Gasteiger partial charge in [-0.05, 0) is 19.3 Å². The van der Waals surface area contributed by atoms with Crippen molar-refractivity contribution in [2.75, 3.05) is 13.1 Å². The number of amides is 1. The van der Waals surface area contributed by atoms with Crippen molar-refractivity contribution < 1.29 is 14.7 Å². The Morgan fingerprint density at radius 2 is 2.00 bits per heavy atom. The zero-order valence-corrected chi connectivity index (χ0v) is 9.50. The summed E-state index contributed by atoms with van der Waals surface area (Å²) in [5, 5.41) is 10.4. The van der Waals surface area contributed by atoms with E-state index in [1.165, 1.54) is 5.38 Å². The van der Waals surface area contributed by atoms with Gasteiger partial charge in [0.25, 0.3) is 5.91 Å². The number of aromatic nitrogens is 1. The SMILES string of the molecule is O=C(O)c1csc(C(=O)N2CCCCC2)n1. The molecule has 1 saturated heterocycles. The van der Waals surface area contributed by atoms with Crippen molar-refractivity contribution in [1.82, 2.24) is 9.88 Å². The monoisotopic (exact) mass is 240 g/mol. The average Bonchev–Trinajstić information content (AvgIpc) is 2.78. The first kappa shape index (κ1) is 11.1. The molecular formula is C10H12N2O3S. The van der Waals surface area contributed by atoms with Crippen molar-refractivity contribution in [3.8, 4) is 0 Å². The van der Waals surface area contributed by atoms with Crippen LogP contribution in [0.1, 0.15) is 39.6 Å². The molecule has 0 unspecified atom stereocenters. The Balaban J connectivity index is 2.10. The molecule has 1 aromatic heterocycles. The molecule has 6 heteroatoms. The second-order valence-corrected chi connectivity index (χ2v) is 4.55. The van der Waals surface area contributed by atoms with Crippen LogP contribution in [0.5, 0.6) is 0 Å². The molecule has 2 heterocycles. The maximum atomic E-state index is 11.9. The van der Waals surface area contributed by atoms with Crippen LogP contribution >= 0.6 is 11.3 Å². The van der Waals surface area contributed by atoms with Gasteiger partial charge in [0, 0.05) is 18.5 Å². The summed E-state index contributed by atoms with van der Waals surface area (Å²) in [5.74, 6) is -1.23. The van der Waals surface area contributed by atoms with Gasteiger partial charge in [-0.1, -0.05) is 0 Å². The van der Waals surface area contributed by atoms with Crippen LogP contribution in [0.3, 0.4) is 0 Å². The van der Waals surface area contributed by atoms with E-state index >= 15 is 0 Å². The molecule has 1 fully saturated rings. The first-order chi connectivity index (χ1) is 7.68. The Hall–Kier alpha value is -1.43. The van der Waals surface area contributed by atoms with Gasteiger partial charge in [-0.3, -0.25) is 4.79 Å². The number of nitrogens with zero attached hydrogens (tertiary/aromatic N) is 2. The molecule has 0 atom stereocenters. The number of carbonyl (C=O) groups is 2. The molecule has 16 heavy (non-hydrogen) atoms. The summed E-state index contributed by atoms with van der Waals surface area (Å²) >= 11 is 1.10. The predicted molar refractivity (Wildman–Crippen MR) is 58.8 cm³/mol. The molecule has 0 radical (unpaired) electrons. The van der Waals surface area contributed by atoms with Crippen molar-refractivity contribution in [2.24, 2.45) is 0 Å². The fraction of sp³-hybridized carbons (Fsp3) is 0.500. The Labute approximate surface area is 96.7 Å². The molecule has 5 nitrogen and oxygen atoms in total. The zero-order chi connectivity index (χ0) is 11.5. The molecule has 0 saturated carbocycles. The Morgan fingerprint density at radius 1 is 1.31 bits per heavy atom. The Morgan fingerprint density at radius 3 is 2.56 bits per heavy atom. The second-order valence-electron chi connectivity index (χ2n) is 3.70. The highest BCUT2D eigenvalue weighted by Crippen LogP contribution is 2.16. The molecule has 1 aromatic rings. The van der Waals surface area contributed by atoms with Gasteiger partial charge >= 0.3 is 5.97 Å². The molecule has 0 bridgehead atoms. The van der Waals surface area contributed by atoms with Crippen molar-refractivity contribution in [3.05, 3.63) is 16.1 Å². The summed E-state index contributed by atoms with van der Waals surface area (Å²) in [6, 6.07) is 0. The standard InChI is InChI=1S/C10H12N2O3S/c13-9(12-4-2-1-3-5-12)8-11-7(6-16-8)10(14)15/h6H,1-5H2,(H,14,15). The van der Waals surface area contributed by atoms with Gasteiger partial charge < -0.3 is 10.0 Å². The van der Waals surface area contributed by atoms with Crippen molar-refractivity contribution >= 4 is 23.2 Å².